The first-order valence-corrected chi connectivity index (χ1v) is 8.75. The second kappa shape index (κ2) is 8.54. The van der Waals surface area contributed by atoms with Crippen molar-refractivity contribution in [2.45, 2.75) is 13.0 Å². The van der Waals surface area contributed by atoms with E-state index in [9.17, 15) is 4.79 Å². The number of aromatic nitrogens is 2. The van der Waals surface area contributed by atoms with E-state index in [4.69, 9.17) is 16.3 Å². The molecule has 0 saturated carbocycles. The van der Waals surface area contributed by atoms with E-state index in [1.54, 1.807) is 24.4 Å². The number of nitrogens with zero attached hydrogens (tertiary/aromatic N) is 2. The number of benzene rings is 2. The molecule has 0 radical (unpaired) electrons. The maximum absolute atomic E-state index is 12.4. The van der Waals surface area contributed by atoms with Crippen molar-refractivity contribution < 1.29 is 9.53 Å². The van der Waals surface area contributed by atoms with Crippen LogP contribution >= 0.6 is 11.6 Å². The van der Waals surface area contributed by atoms with Gasteiger partial charge in [0.25, 0.3) is 5.91 Å². The second-order valence-electron chi connectivity index (χ2n) is 5.76. The van der Waals surface area contributed by atoms with Gasteiger partial charge in [0.2, 0.25) is 0 Å². The number of halogens is 1. The summed E-state index contributed by atoms with van der Waals surface area (Å²) < 4.78 is 7.30. The fourth-order valence-electron chi connectivity index (χ4n) is 2.74. The number of carbonyl (C=O) groups is 1. The molecule has 1 heterocycles. The Labute approximate surface area is 157 Å². The maximum Gasteiger partial charge on any atom is 0.255 e. The molecule has 3 rings (SSSR count). The van der Waals surface area contributed by atoms with Gasteiger partial charge >= 0.3 is 0 Å². The van der Waals surface area contributed by atoms with Crippen molar-refractivity contribution in [2.24, 2.45) is 0 Å². The van der Waals surface area contributed by atoms with Gasteiger partial charge in [-0.25, -0.2) is 4.98 Å². The summed E-state index contributed by atoms with van der Waals surface area (Å²) in [5, 5.41) is 3.41. The molecule has 26 heavy (non-hydrogen) atoms. The van der Waals surface area contributed by atoms with Crippen LogP contribution in [0.15, 0.2) is 60.9 Å². The molecule has 0 aliphatic heterocycles. The molecule has 0 bridgehead atoms. The highest BCUT2D eigenvalue weighted by Crippen LogP contribution is 2.22. The first-order valence-electron chi connectivity index (χ1n) is 8.37. The second-order valence-corrected chi connectivity index (χ2v) is 6.20. The lowest BCUT2D eigenvalue weighted by molar-refractivity contribution is 0.0949. The minimum absolute atomic E-state index is 0.196. The third-order valence-corrected chi connectivity index (χ3v) is 4.25. The standard InChI is InChI=1S/C20H20ClN3O2/c1-26-18-9-8-16(21)14-17(18)20(25)23-10-5-12-24-13-11-22-19(24)15-6-3-2-4-7-15/h2-4,6-9,11,13-14H,5,10,12H2,1H3,(H,23,25). The van der Waals surface area contributed by atoms with Crippen molar-refractivity contribution in [2.75, 3.05) is 13.7 Å². The molecule has 1 N–H and O–H groups in total. The highest BCUT2D eigenvalue weighted by atomic mass is 35.5. The smallest absolute Gasteiger partial charge is 0.255 e. The Morgan fingerprint density at radius 3 is 2.81 bits per heavy atom. The number of amides is 1. The molecule has 0 fully saturated rings. The SMILES string of the molecule is COc1ccc(Cl)cc1C(=O)NCCCn1ccnc1-c1ccccc1. The molecule has 3 aromatic rings. The molecule has 0 spiro atoms. The molecule has 134 valence electrons. The molecule has 6 heteroatoms. The molecule has 0 atom stereocenters. The van der Waals surface area contributed by atoms with E-state index in [0.717, 1.165) is 24.4 Å². The quantitative estimate of drug-likeness (QED) is 0.639. The van der Waals surface area contributed by atoms with E-state index in [0.29, 0.717) is 22.9 Å². The van der Waals surface area contributed by atoms with Crippen LogP contribution in [0.2, 0.25) is 5.02 Å². The molecule has 0 aliphatic rings. The Morgan fingerprint density at radius 2 is 2.04 bits per heavy atom. The van der Waals surface area contributed by atoms with E-state index in [2.05, 4.69) is 14.9 Å². The van der Waals surface area contributed by atoms with E-state index in [-0.39, 0.29) is 5.91 Å². The van der Waals surface area contributed by atoms with Crippen LogP contribution in [-0.2, 0) is 6.54 Å². The van der Waals surface area contributed by atoms with Crippen molar-refractivity contribution in [3.8, 4) is 17.1 Å². The minimum Gasteiger partial charge on any atom is -0.496 e. The van der Waals surface area contributed by atoms with Crippen LogP contribution in [0.25, 0.3) is 11.4 Å². The normalized spacial score (nSPS) is 10.5. The molecule has 0 aliphatic carbocycles. The Morgan fingerprint density at radius 1 is 1.23 bits per heavy atom. The fraction of sp³-hybridized carbons (Fsp3) is 0.200. The minimum atomic E-state index is -0.196. The average Bonchev–Trinajstić information content (AvgIpc) is 3.14. The predicted molar refractivity (Wildman–Crippen MR) is 103 cm³/mol. The summed E-state index contributed by atoms with van der Waals surface area (Å²) in [4.78, 5) is 16.8. The summed E-state index contributed by atoms with van der Waals surface area (Å²) in [5.41, 5.74) is 1.51. The van der Waals surface area contributed by atoms with Gasteiger partial charge in [0.05, 0.1) is 12.7 Å². The Balaban J connectivity index is 1.56. The highest BCUT2D eigenvalue weighted by molar-refractivity contribution is 6.31. The Hall–Kier alpha value is -2.79. The van der Waals surface area contributed by atoms with E-state index < -0.39 is 0 Å². The first-order chi connectivity index (χ1) is 12.7. The zero-order chi connectivity index (χ0) is 18.4. The summed E-state index contributed by atoms with van der Waals surface area (Å²) in [5.74, 6) is 1.24. The Bertz CT molecular complexity index is 878. The van der Waals surface area contributed by atoms with Crippen LogP contribution in [0.1, 0.15) is 16.8 Å². The molecule has 0 saturated heterocycles. The zero-order valence-corrected chi connectivity index (χ0v) is 15.2. The average molecular weight is 370 g/mol. The summed E-state index contributed by atoms with van der Waals surface area (Å²) in [6.45, 7) is 1.30. The number of ether oxygens (including phenoxy) is 1. The third-order valence-electron chi connectivity index (χ3n) is 4.01. The van der Waals surface area contributed by atoms with Crippen molar-refractivity contribution in [1.82, 2.24) is 14.9 Å². The maximum atomic E-state index is 12.4. The lowest BCUT2D eigenvalue weighted by Crippen LogP contribution is -2.25. The van der Waals surface area contributed by atoms with Crippen LogP contribution in [0.3, 0.4) is 0 Å². The number of imidazole rings is 1. The predicted octanol–water partition coefficient (Wildman–Crippen LogP) is 4.03. The van der Waals surface area contributed by atoms with E-state index in [1.807, 2.05) is 36.5 Å². The van der Waals surface area contributed by atoms with Crippen molar-refractivity contribution in [1.29, 1.82) is 0 Å². The van der Waals surface area contributed by atoms with Crippen LogP contribution in [0.4, 0.5) is 0 Å². The summed E-state index contributed by atoms with van der Waals surface area (Å²) in [7, 11) is 1.53. The summed E-state index contributed by atoms with van der Waals surface area (Å²) >= 11 is 5.98. The van der Waals surface area contributed by atoms with Gasteiger partial charge in [0, 0.05) is 36.1 Å². The molecule has 1 amide bonds. The van der Waals surface area contributed by atoms with E-state index in [1.165, 1.54) is 7.11 Å². The Kier molecular flexibility index (Phi) is 5.92. The number of methoxy groups -OCH3 is 1. The van der Waals surface area contributed by atoms with Gasteiger partial charge in [-0.2, -0.15) is 0 Å². The van der Waals surface area contributed by atoms with Gasteiger partial charge < -0.3 is 14.6 Å². The summed E-state index contributed by atoms with van der Waals surface area (Å²) in [6.07, 6.45) is 4.52. The van der Waals surface area contributed by atoms with Crippen LogP contribution in [0.5, 0.6) is 5.75 Å². The van der Waals surface area contributed by atoms with Crippen molar-refractivity contribution in [3.05, 3.63) is 71.5 Å². The molecule has 0 unspecified atom stereocenters. The number of nitrogens with one attached hydrogen (secondary N) is 1. The molecule has 1 aromatic heterocycles. The molecule has 2 aromatic carbocycles. The van der Waals surface area contributed by atoms with Crippen molar-refractivity contribution in [3.63, 3.8) is 0 Å². The van der Waals surface area contributed by atoms with Gasteiger partial charge in [-0.15, -0.1) is 0 Å². The molecule has 5 nitrogen and oxygen atoms in total. The van der Waals surface area contributed by atoms with Crippen LogP contribution in [-0.4, -0.2) is 29.1 Å². The lowest BCUT2D eigenvalue weighted by Gasteiger charge is -2.11. The number of rotatable bonds is 7. The highest BCUT2D eigenvalue weighted by Gasteiger charge is 2.12. The van der Waals surface area contributed by atoms with Gasteiger partial charge in [0.1, 0.15) is 11.6 Å². The third kappa shape index (κ3) is 4.24. The zero-order valence-electron chi connectivity index (χ0n) is 14.5. The molecular formula is C20H20ClN3O2. The monoisotopic (exact) mass is 369 g/mol. The largest absolute Gasteiger partial charge is 0.496 e. The van der Waals surface area contributed by atoms with Crippen molar-refractivity contribution >= 4 is 17.5 Å². The van der Waals surface area contributed by atoms with Gasteiger partial charge in [-0.1, -0.05) is 41.9 Å². The number of hydrogen-bond donors (Lipinski definition) is 1. The van der Waals surface area contributed by atoms with Gasteiger partial charge in [-0.05, 0) is 24.6 Å². The van der Waals surface area contributed by atoms with Gasteiger partial charge in [-0.3, -0.25) is 4.79 Å². The fourth-order valence-corrected chi connectivity index (χ4v) is 2.91. The van der Waals surface area contributed by atoms with Crippen LogP contribution < -0.4 is 10.1 Å². The van der Waals surface area contributed by atoms with Crippen LogP contribution in [0, 0.1) is 0 Å². The number of aryl methyl sites for hydroxylation is 1. The number of hydrogen-bond acceptors (Lipinski definition) is 3. The molecular weight excluding hydrogens is 350 g/mol. The first kappa shape index (κ1) is 18.0. The van der Waals surface area contributed by atoms with Gasteiger partial charge in [0.15, 0.2) is 0 Å². The summed E-state index contributed by atoms with van der Waals surface area (Å²) in [6, 6.07) is 15.0. The number of carbonyl (C=O) groups excluding carboxylic acids is 1. The lowest BCUT2D eigenvalue weighted by atomic mass is 10.2. The van der Waals surface area contributed by atoms with E-state index >= 15 is 0 Å². The topological polar surface area (TPSA) is 56.1 Å².